The summed E-state index contributed by atoms with van der Waals surface area (Å²) in [6, 6.07) is 0. The molecule has 0 fully saturated rings. The zero-order chi connectivity index (χ0) is 20.2. The molecule has 0 saturated heterocycles. The van der Waals surface area contributed by atoms with Crippen molar-refractivity contribution < 1.29 is 31.4 Å². The first-order valence-corrected chi connectivity index (χ1v) is 12.2. The molecular weight excluding hydrogens is 376 g/mol. The van der Waals surface area contributed by atoms with Crippen molar-refractivity contribution in [2.75, 3.05) is 55.7 Å². The lowest BCUT2D eigenvalue weighted by Gasteiger charge is -2.37. The average molecular weight is 413 g/mol. The lowest BCUT2D eigenvalue weighted by Crippen LogP contribution is -2.64. The molecule has 0 aromatic rings. The smallest absolute Gasteiger partial charge is 0.364 e. The number of amides is 1. The number of rotatable bonds is 15. The number of nitrogens with one attached hydrogen (secondary N) is 1. The third-order valence-electron chi connectivity index (χ3n) is 4.19. The van der Waals surface area contributed by atoms with Gasteiger partial charge in [0, 0.05) is 55.1 Å². The highest BCUT2D eigenvalue weighted by Crippen LogP contribution is 2.19. The fourth-order valence-electron chi connectivity index (χ4n) is 2.82. The number of carbonyl (C=O) groups is 1. The van der Waals surface area contributed by atoms with Crippen LogP contribution in [0.25, 0.3) is 0 Å². The van der Waals surface area contributed by atoms with E-state index in [4.69, 9.17) is 26.6 Å². The summed E-state index contributed by atoms with van der Waals surface area (Å²) in [6.45, 7) is 5.22. The fourth-order valence-corrected chi connectivity index (χ4v) is 6.35. The van der Waals surface area contributed by atoms with Gasteiger partial charge < -0.3 is 31.5 Å². The molecule has 156 valence electrons. The highest BCUT2D eigenvalue weighted by atomic mass is 28.4. The van der Waals surface area contributed by atoms with E-state index in [0.717, 1.165) is 12.8 Å². The first kappa shape index (κ1) is 25.6. The molecule has 11 heteroatoms. The Morgan fingerprint density at radius 1 is 0.885 bits per heavy atom. The maximum absolute atomic E-state index is 12.9. The van der Waals surface area contributed by atoms with Gasteiger partial charge in [-0.15, -0.1) is 0 Å². The van der Waals surface area contributed by atoms with Crippen LogP contribution in [0.4, 0.5) is 0 Å². The van der Waals surface area contributed by atoms with E-state index in [1.165, 1.54) is 21.3 Å². The molecule has 0 aliphatic heterocycles. The maximum atomic E-state index is 12.9. The van der Waals surface area contributed by atoms with Gasteiger partial charge in [0.25, 0.3) is 0 Å². The Hall–Kier alpha value is -0.376. The van der Waals surface area contributed by atoms with Crippen LogP contribution in [0.1, 0.15) is 33.1 Å². The minimum Gasteiger partial charge on any atom is -0.364 e. The Labute approximate surface area is 160 Å². The Kier molecular flexibility index (Phi) is 12.7. The first-order chi connectivity index (χ1) is 12.4. The predicted octanol–water partition coefficient (Wildman–Crippen LogP) is 0.981. The van der Waals surface area contributed by atoms with Gasteiger partial charge in [-0.25, -0.2) is 0 Å². The Morgan fingerprint density at radius 3 is 1.73 bits per heavy atom. The van der Waals surface area contributed by atoms with Crippen LogP contribution in [0.5, 0.6) is 0 Å². The van der Waals surface area contributed by atoms with Crippen molar-refractivity contribution in [3.63, 3.8) is 0 Å². The zero-order valence-electron chi connectivity index (χ0n) is 17.4. The Balaban J connectivity index is 5.46. The van der Waals surface area contributed by atoms with Crippen LogP contribution in [0.3, 0.4) is 0 Å². The fraction of sp³-hybridized carbons (Fsp3) is 0.933. The van der Waals surface area contributed by atoms with Crippen molar-refractivity contribution in [1.82, 2.24) is 9.55 Å². The molecule has 0 aliphatic carbocycles. The molecule has 26 heavy (non-hydrogen) atoms. The van der Waals surface area contributed by atoms with Crippen LogP contribution in [-0.4, -0.2) is 84.2 Å². The van der Waals surface area contributed by atoms with E-state index >= 15 is 0 Å². The summed E-state index contributed by atoms with van der Waals surface area (Å²) < 4.78 is 34.7. The van der Waals surface area contributed by atoms with Crippen LogP contribution < -0.4 is 4.98 Å². The number of carbonyl (C=O) groups excluding carboxylic acids is 1. The van der Waals surface area contributed by atoms with E-state index in [1.54, 1.807) is 21.3 Å². The lowest BCUT2D eigenvalue weighted by molar-refractivity contribution is -0.125. The molecule has 9 nitrogen and oxygen atoms in total. The van der Waals surface area contributed by atoms with Gasteiger partial charge in [-0.2, -0.15) is 0 Å². The SMILES string of the molecule is CCCC(CN(CCC)[Si](OC)(OC)OC)C(=O)N[Si](OC)(OC)OC. The van der Waals surface area contributed by atoms with E-state index in [2.05, 4.69) is 11.9 Å². The second-order valence-electron chi connectivity index (χ2n) is 5.73. The van der Waals surface area contributed by atoms with Gasteiger partial charge >= 0.3 is 17.9 Å². The summed E-state index contributed by atoms with van der Waals surface area (Å²) in [7, 11) is 2.83. The Bertz CT molecular complexity index is 380. The van der Waals surface area contributed by atoms with Crippen LogP contribution >= 0.6 is 0 Å². The second-order valence-corrected chi connectivity index (χ2v) is 11.2. The average Bonchev–Trinajstić information content (AvgIpc) is 2.67. The molecule has 1 amide bonds. The monoisotopic (exact) mass is 412 g/mol. The molecular formula is C15H36N2O7Si2. The molecule has 0 aliphatic rings. The van der Waals surface area contributed by atoms with Crippen LogP contribution in [0.15, 0.2) is 0 Å². The van der Waals surface area contributed by atoms with Gasteiger partial charge in [0.15, 0.2) is 0 Å². The van der Waals surface area contributed by atoms with Crippen molar-refractivity contribution in [3.05, 3.63) is 0 Å². The standard InChI is InChI=1S/C15H36N2O7Si2/c1-9-11-14(15(18)16-25(19-3,20-4)21-5)13-17(12-10-2)26(22-6,23-7)24-8/h14H,9-13H2,1-8H3,(H,16,18). The van der Waals surface area contributed by atoms with Crippen molar-refractivity contribution in [2.45, 2.75) is 33.1 Å². The van der Waals surface area contributed by atoms with E-state index < -0.39 is 17.9 Å². The first-order valence-electron chi connectivity index (χ1n) is 8.75. The molecule has 1 N–H and O–H groups in total. The van der Waals surface area contributed by atoms with E-state index in [-0.39, 0.29) is 11.8 Å². The topological polar surface area (TPSA) is 87.7 Å². The van der Waals surface area contributed by atoms with Crippen molar-refractivity contribution in [1.29, 1.82) is 0 Å². The summed E-state index contributed by atoms with van der Waals surface area (Å²) >= 11 is 0. The number of hydrogen-bond donors (Lipinski definition) is 1. The molecule has 1 atom stereocenters. The lowest BCUT2D eigenvalue weighted by atomic mass is 10.0. The number of nitrogens with zero attached hydrogens (tertiary/aromatic N) is 1. The summed E-state index contributed by atoms with van der Waals surface area (Å²) in [5.74, 6) is -0.498. The molecule has 0 aromatic carbocycles. The largest absolute Gasteiger partial charge is 0.632 e. The third kappa shape index (κ3) is 6.66. The highest BCUT2D eigenvalue weighted by molar-refractivity contribution is 6.60. The summed E-state index contributed by atoms with van der Waals surface area (Å²) in [6.07, 6.45) is 2.41. The normalized spacial score (nSPS) is 13.9. The highest BCUT2D eigenvalue weighted by Gasteiger charge is 2.48. The van der Waals surface area contributed by atoms with E-state index in [9.17, 15) is 4.79 Å². The quantitative estimate of drug-likeness (QED) is 0.398. The molecule has 0 radical (unpaired) electrons. The molecule has 0 rings (SSSR count). The van der Waals surface area contributed by atoms with Gasteiger partial charge in [-0.3, -0.25) is 9.36 Å². The third-order valence-corrected chi connectivity index (χ3v) is 9.08. The molecule has 0 spiro atoms. The van der Waals surface area contributed by atoms with E-state index in [1.807, 2.05) is 11.5 Å². The van der Waals surface area contributed by atoms with Crippen molar-refractivity contribution >= 4 is 23.8 Å². The van der Waals surface area contributed by atoms with Crippen LogP contribution in [-0.2, 0) is 31.4 Å². The molecule has 0 saturated carbocycles. The molecule has 1 unspecified atom stereocenters. The van der Waals surface area contributed by atoms with Gasteiger partial charge in [-0.1, -0.05) is 20.3 Å². The Morgan fingerprint density at radius 2 is 1.38 bits per heavy atom. The van der Waals surface area contributed by atoms with Gasteiger partial charge in [0.1, 0.15) is 0 Å². The van der Waals surface area contributed by atoms with Crippen molar-refractivity contribution in [2.24, 2.45) is 5.92 Å². The minimum absolute atomic E-state index is 0.184. The predicted molar refractivity (Wildman–Crippen MR) is 102 cm³/mol. The zero-order valence-corrected chi connectivity index (χ0v) is 19.4. The summed E-state index contributed by atoms with van der Waals surface area (Å²) in [5.41, 5.74) is 0. The summed E-state index contributed by atoms with van der Waals surface area (Å²) in [5, 5.41) is 0. The molecule has 0 aromatic heterocycles. The van der Waals surface area contributed by atoms with Crippen molar-refractivity contribution in [3.8, 4) is 0 Å². The maximum Gasteiger partial charge on any atom is 0.632 e. The van der Waals surface area contributed by atoms with Gasteiger partial charge in [-0.05, 0) is 19.4 Å². The minimum atomic E-state index is -3.21. The van der Waals surface area contributed by atoms with Crippen LogP contribution in [0, 0.1) is 5.92 Å². The second kappa shape index (κ2) is 12.9. The summed E-state index contributed by atoms with van der Waals surface area (Å²) in [4.78, 5) is 15.7. The van der Waals surface area contributed by atoms with Gasteiger partial charge in [0.2, 0.25) is 5.91 Å². The van der Waals surface area contributed by atoms with Crippen LogP contribution in [0.2, 0.25) is 0 Å². The van der Waals surface area contributed by atoms with E-state index in [0.29, 0.717) is 19.5 Å². The number of hydrogen-bond acceptors (Lipinski definition) is 8. The molecule has 0 heterocycles. The molecule has 0 bridgehead atoms. The van der Waals surface area contributed by atoms with Gasteiger partial charge in [0.05, 0.1) is 0 Å².